The Hall–Kier alpha value is -1.13. The van der Waals surface area contributed by atoms with Crippen molar-refractivity contribution in [1.29, 1.82) is 0 Å². The Morgan fingerprint density at radius 3 is 2.72 bits per heavy atom. The lowest BCUT2D eigenvalue weighted by Crippen LogP contribution is -2.10. The molecule has 0 aliphatic carbocycles. The second-order valence-electron chi connectivity index (χ2n) is 4.45. The molecule has 0 saturated carbocycles. The number of nitrogens with two attached hydrogens (primary N) is 1. The molecule has 102 valence electrons. The summed E-state index contributed by atoms with van der Waals surface area (Å²) in [6.07, 6.45) is 6.35. The number of hydrogen-bond acceptors (Lipinski definition) is 4. The van der Waals surface area contributed by atoms with Crippen LogP contribution in [-0.4, -0.2) is 16.7 Å². The minimum Gasteiger partial charge on any atom is -0.491 e. The van der Waals surface area contributed by atoms with Crippen molar-refractivity contribution in [3.8, 4) is 5.75 Å². The second kappa shape index (κ2) is 8.06. The molecule has 1 rings (SSSR count). The van der Waals surface area contributed by atoms with Gasteiger partial charge < -0.3 is 15.6 Å². The standard InChI is InChI=1S/C14H24N2O2/c1-3-4-5-6-7-18-14-11(2)16-9-12(10-17)13(14)8-15/h9,17H,3-8,10,15H2,1-2H3. The highest BCUT2D eigenvalue weighted by Crippen LogP contribution is 2.25. The van der Waals surface area contributed by atoms with Gasteiger partial charge in [0.1, 0.15) is 5.75 Å². The van der Waals surface area contributed by atoms with E-state index in [1.807, 2.05) is 6.92 Å². The molecule has 0 unspecified atom stereocenters. The summed E-state index contributed by atoms with van der Waals surface area (Å²) >= 11 is 0. The van der Waals surface area contributed by atoms with E-state index in [4.69, 9.17) is 10.5 Å². The summed E-state index contributed by atoms with van der Waals surface area (Å²) in [7, 11) is 0. The molecule has 0 aliphatic heterocycles. The molecule has 1 aromatic heterocycles. The van der Waals surface area contributed by atoms with Gasteiger partial charge >= 0.3 is 0 Å². The predicted molar refractivity (Wildman–Crippen MR) is 72.4 cm³/mol. The summed E-state index contributed by atoms with van der Waals surface area (Å²) in [6.45, 7) is 5.09. The van der Waals surface area contributed by atoms with Crippen LogP contribution in [0.2, 0.25) is 0 Å². The zero-order chi connectivity index (χ0) is 13.4. The SMILES string of the molecule is CCCCCCOc1c(C)ncc(CO)c1CN. The Kier molecular flexibility index (Phi) is 6.68. The van der Waals surface area contributed by atoms with E-state index in [1.165, 1.54) is 19.3 Å². The van der Waals surface area contributed by atoms with Crippen molar-refractivity contribution >= 4 is 0 Å². The summed E-state index contributed by atoms with van der Waals surface area (Å²) in [5.41, 5.74) is 8.20. The van der Waals surface area contributed by atoms with E-state index < -0.39 is 0 Å². The fourth-order valence-electron chi connectivity index (χ4n) is 1.93. The van der Waals surface area contributed by atoms with Crippen LogP contribution in [0.3, 0.4) is 0 Å². The number of pyridine rings is 1. The first-order valence-electron chi connectivity index (χ1n) is 6.65. The molecule has 4 heteroatoms. The normalized spacial score (nSPS) is 10.7. The number of ether oxygens (including phenoxy) is 1. The molecule has 3 N–H and O–H groups in total. The Balaban J connectivity index is 2.68. The molecule has 4 nitrogen and oxygen atoms in total. The fourth-order valence-corrected chi connectivity index (χ4v) is 1.93. The van der Waals surface area contributed by atoms with Crippen LogP contribution in [0.25, 0.3) is 0 Å². The second-order valence-corrected chi connectivity index (χ2v) is 4.45. The van der Waals surface area contributed by atoms with Gasteiger partial charge in [0, 0.05) is 23.9 Å². The van der Waals surface area contributed by atoms with Gasteiger partial charge in [-0.15, -0.1) is 0 Å². The molecule has 1 aromatic rings. The number of hydrogen-bond donors (Lipinski definition) is 2. The van der Waals surface area contributed by atoms with Gasteiger partial charge in [-0.1, -0.05) is 26.2 Å². The maximum absolute atomic E-state index is 9.26. The number of unbranched alkanes of at least 4 members (excludes halogenated alkanes) is 3. The van der Waals surface area contributed by atoms with Crippen molar-refractivity contribution in [1.82, 2.24) is 4.98 Å². The van der Waals surface area contributed by atoms with Crippen LogP contribution in [0.5, 0.6) is 5.75 Å². The third-order valence-electron chi connectivity index (χ3n) is 3.02. The number of rotatable bonds is 8. The largest absolute Gasteiger partial charge is 0.491 e. The Morgan fingerprint density at radius 2 is 2.11 bits per heavy atom. The number of aryl methyl sites for hydroxylation is 1. The topological polar surface area (TPSA) is 68.4 Å². The maximum atomic E-state index is 9.26. The third-order valence-corrected chi connectivity index (χ3v) is 3.02. The maximum Gasteiger partial charge on any atom is 0.145 e. The van der Waals surface area contributed by atoms with E-state index in [-0.39, 0.29) is 6.61 Å². The van der Waals surface area contributed by atoms with E-state index in [9.17, 15) is 5.11 Å². The Labute approximate surface area is 109 Å². The van der Waals surface area contributed by atoms with E-state index in [1.54, 1.807) is 6.20 Å². The van der Waals surface area contributed by atoms with Gasteiger partial charge in [-0.25, -0.2) is 0 Å². The van der Waals surface area contributed by atoms with Crippen LogP contribution in [0.15, 0.2) is 6.20 Å². The third kappa shape index (κ3) is 3.96. The van der Waals surface area contributed by atoms with E-state index in [0.717, 1.165) is 29.0 Å². The van der Waals surface area contributed by atoms with E-state index in [0.29, 0.717) is 13.2 Å². The molecule has 0 aliphatic rings. The molecular formula is C14H24N2O2. The van der Waals surface area contributed by atoms with Crippen molar-refractivity contribution in [2.75, 3.05) is 6.61 Å². The number of aliphatic hydroxyl groups is 1. The average molecular weight is 252 g/mol. The zero-order valence-corrected chi connectivity index (χ0v) is 11.4. The molecule has 0 bridgehead atoms. The number of aromatic nitrogens is 1. The first kappa shape index (κ1) is 14.9. The predicted octanol–water partition coefficient (Wildman–Crippen LogP) is 2.30. The highest BCUT2D eigenvalue weighted by Gasteiger charge is 2.12. The van der Waals surface area contributed by atoms with Crippen LogP contribution in [0.4, 0.5) is 0 Å². The van der Waals surface area contributed by atoms with E-state index in [2.05, 4.69) is 11.9 Å². The highest BCUT2D eigenvalue weighted by atomic mass is 16.5. The molecule has 0 amide bonds. The first-order valence-corrected chi connectivity index (χ1v) is 6.65. The zero-order valence-electron chi connectivity index (χ0n) is 11.4. The molecule has 0 fully saturated rings. The molecule has 0 radical (unpaired) electrons. The van der Waals surface area contributed by atoms with Crippen LogP contribution < -0.4 is 10.5 Å². The molecule has 0 saturated heterocycles. The molecule has 0 aromatic carbocycles. The molecule has 1 heterocycles. The van der Waals surface area contributed by atoms with Gasteiger partial charge in [0.2, 0.25) is 0 Å². The lowest BCUT2D eigenvalue weighted by molar-refractivity contribution is 0.273. The van der Waals surface area contributed by atoms with Crippen LogP contribution in [-0.2, 0) is 13.2 Å². The van der Waals surface area contributed by atoms with Crippen molar-refractivity contribution in [3.63, 3.8) is 0 Å². The van der Waals surface area contributed by atoms with Crippen molar-refractivity contribution < 1.29 is 9.84 Å². The summed E-state index contributed by atoms with van der Waals surface area (Å²) in [5.74, 6) is 0.751. The lowest BCUT2D eigenvalue weighted by atomic mass is 10.1. The number of nitrogens with zero attached hydrogens (tertiary/aromatic N) is 1. The molecular weight excluding hydrogens is 228 g/mol. The average Bonchev–Trinajstić information content (AvgIpc) is 2.39. The van der Waals surface area contributed by atoms with Gasteiger partial charge in [0.05, 0.1) is 18.9 Å². The van der Waals surface area contributed by atoms with Crippen LogP contribution >= 0.6 is 0 Å². The highest BCUT2D eigenvalue weighted by molar-refractivity contribution is 5.41. The minimum absolute atomic E-state index is 0.0496. The van der Waals surface area contributed by atoms with Crippen molar-refractivity contribution in [2.24, 2.45) is 5.73 Å². The Morgan fingerprint density at radius 1 is 1.33 bits per heavy atom. The molecule has 0 atom stereocenters. The Bertz CT molecular complexity index is 367. The van der Waals surface area contributed by atoms with E-state index >= 15 is 0 Å². The summed E-state index contributed by atoms with van der Waals surface area (Å²) in [4.78, 5) is 4.23. The van der Waals surface area contributed by atoms with Crippen LogP contribution in [0.1, 0.15) is 49.4 Å². The van der Waals surface area contributed by atoms with Gasteiger partial charge in [-0.2, -0.15) is 0 Å². The van der Waals surface area contributed by atoms with Gasteiger partial charge in [0.25, 0.3) is 0 Å². The van der Waals surface area contributed by atoms with Gasteiger partial charge in [-0.05, 0) is 13.3 Å². The summed E-state index contributed by atoms with van der Waals surface area (Å²) in [5, 5.41) is 9.26. The lowest BCUT2D eigenvalue weighted by Gasteiger charge is -2.15. The quantitative estimate of drug-likeness (QED) is 0.697. The van der Waals surface area contributed by atoms with Gasteiger partial charge in [-0.3, -0.25) is 4.98 Å². The van der Waals surface area contributed by atoms with Crippen molar-refractivity contribution in [2.45, 2.75) is 52.7 Å². The van der Waals surface area contributed by atoms with Crippen molar-refractivity contribution in [3.05, 3.63) is 23.0 Å². The monoisotopic (exact) mass is 252 g/mol. The minimum atomic E-state index is -0.0496. The first-order chi connectivity index (χ1) is 8.74. The summed E-state index contributed by atoms with van der Waals surface area (Å²) < 4.78 is 5.79. The summed E-state index contributed by atoms with van der Waals surface area (Å²) in [6, 6.07) is 0. The van der Waals surface area contributed by atoms with Gasteiger partial charge in [0.15, 0.2) is 0 Å². The molecule has 0 spiro atoms. The number of aliphatic hydroxyl groups excluding tert-OH is 1. The van der Waals surface area contributed by atoms with Crippen LogP contribution in [0, 0.1) is 6.92 Å². The molecule has 18 heavy (non-hydrogen) atoms. The fraction of sp³-hybridized carbons (Fsp3) is 0.643. The smallest absolute Gasteiger partial charge is 0.145 e.